The van der Waals surface area contributed by atoms with Crippen LogP contribution in [0.15, 0.2) is 29.3 Å². The molecule has 0 fully saturated rings. The molecule has 1 aromatic carbocycles. The number of guanidine groups is 1. The van der Waals surface area contributed by atoms with Crippen molar-refractivity contribution in [2.45, 2.75) is 101 Å². The fraction of sp³-hybridized carbons (Fsp3) is 0.600. The first-order chi connectivity index (χ1) is 29.4. The van der Waals surface area contributed by atoms with Crippen LogP contribution < -0.4 is 44.2 Å². The van der Waals surface area contributed by atoms with E-state index in [-0.39, 0.29) is 30.5 Å². The Kier molecular flexibility index (Phi) is 32.5. The smallest absolute Gasteiger partial charge is 0.490 e. The Hall–Kier alpha value is -6.13. The number of primary amides is 1. The van der Waals surface area contributed by atoms with E-state index < -0.39 is 66.2 Å². The minimum Gasteiger partial charge on any atom is -0.508 e. The van der Waals surface area contributed by atoms with Crippen LogP contribution in [0.3, 0.4) is 0 Å². The number of unbranched alkanes of at least 4 members (excludes halogenated alkanes) is 6. The van der Waals surface area contributed by atoms with Gasteiger partial charge in [0.05, 0.1) is 18.9 Å². The number of nitrogens with two attached hydrogens (primary N) is 4. The van der Waals surface area contributed by atoms with Crippen molar-refractivity contribution in [1.82, 2.24) is 21.3 Å². The molecule has 2 atom stereocenters. The van der Waals surface area contributed by atoms with Crippen LogP contribution in [-0.2, 0) is 40.0 Å². The summed E-state index contributed by atoms with van der Waals surface area (Å²) in [6.45, 7) is 3.10. The number of halogens is 9. The fourth-order valence-corrected chi connectivity index (χ4v) is 4.21. The highest BCUT2D eigenvalue weighted by Gasteiger charge is 2.39. The second-order valence-corrected chi connectivity index (χ2v) is 12.9. The van der Waals surface area contributed by atoms with E-state index in [9.17, 15) is 63.8 Å². The van der Waals surface area contributed by atoms with Crippen molar-refractivity contribution in [3.63, 3.8) is 0 Å². The molecule has 1 rings (SSSR count). The zero-order chi connectivity index (χ0) is 50.1. The number of nitrogens with one attached hydrogen (secondary N) is 4. The summed E-state index contributed by atoms with van der Waals surface area (Å²) >= 11 is 0. The first-order valence-electron chi connectivity index (χ1n) is 18.7. The van der Waals surface area contributed by atoms with E-state index in [0.29, 0.717) is 31.6 Å². The van der Waals surface area contributed by atoms with Crippen molar-refractivity contribution >= 4 is 47.5 Å². The number of aliphatic imine (C=N–C) groups is 1. The highest BCUT2D eigenvalue weighted by atomic mass is 19.4. The molecule has 0 heterocycles. The summed E-state index contributed by atoms with van der Waals surface area (Å²) in [5.74, 6) is -10.1. The number of para-hydroxylation sites is 1. The third-order valence-electron chi connectivity index (χ3n) is 7.36. The van der Waals surface area contributed by atoms with Gasteiger partial charge in [-0.1, -0.05) is 43.9 Å². The molecule has 0 unspecified atom stereocenters. The van der Waals surface area contributed by atoms with E-state index in [2.05, 4.69) is 26.3 Å². The number of phenols is 1. The Morgan fingerprint density at radius 3 is 1.44 bits per heavy atom. The third kappa shape index (κ3) is 37.6. The first-order valence-corrected chi connectivity index (χ1v) is 18.7. The van der Waals surface area contributed by atoms with Crippen molar-refractivity contribution in [3.05, 3.63) is 29.8 Å². The monoisotopic (exact) mass is 947 g/mol. The average molecular weight is 948 g/mol. The number of hydrogen-bond donors (Lipinski definition) is 12. The van der Waals surface area contributed by atoms with Crippen LogP contribution in [0.25, 0.3) is 0 Å². The Labute approximate surface area is 359 Å². The maximum absolute atomic E-state index is 12.5. The number of carboxylic acid groups (broad SMARTS) is 3. The predicted molar refractivity (Wildman–Crippen MR) is 208 cm³/mol. The van der Waals surface area contributed by atoms with Gasteiger partial charge in [0, 0.05) is 25.2 Å². The highest BCUT2D eigenvalue weighted by Crippen LogP contribution is 2.17. The number of benzene rings is 1. The molecule has 0 aliphatic carbocycles. The predicted octanol–water partition coefficient (Wildman–Crippen LogP) is 1.13. The highest BCUT2D eigenvalue weighted by molar-refractivity contribution is 5.92. The van der Waals surface area contributed by atoms with Crippen molar-refractivity contribution in [3.8, 4) is 5.75 Å². The largest absolute Gasteiger partial charge is 0.508 e. The van der Waals surface area contributed by atoms with Gasteiger partial charge in [-0.15, -0.1) is 0 Å². The van der Waals surface area contributed by atoms with Gasteiger partial charge in [-0.3, -0.25) is 24.2 Å². The summed E-state index contributed by atoms with van der Waals surface area (Å²) in [5.41, 5.74) is 22.0. The number of amides is 4. The molecule has 16 N–H and O–H groups in total. The number of carboxylic acids is 3. The number of carbonyl (C=O) groups excluding carboxylic acids is 4. The first kappa shape index (κ1) is 62.2. The van der Waals surface area contributed by atoms with Gasteiger partial charge in [-0.05, 0) is 51.3 Å². The molecular formula is C35H54F9N9O11. The summed E-state index contributed by atoms with van der Waals surface area (Å²) in [7, 11) is 0. The van der Waals surface area contributed by atoms with Crippen LogP contribution in [0.4, 0.5) is 39.5 Å². The van der Waals surface area contributed by atoms with E-state index in [1.54, 1.807) is 18.2 Å². The van der Waals surface area contributed by atoms with Crippen molar-refractivity contribution in [2.24, 2.45) is 27.9 Å². The number of hydrogen-bond acceptors (Lipinski definition) is 11. The van der Waals surface area contributed by atoms with Gasteiger partial charge in [-0.25, -0.2) is 14.4 Å². The van der Waals surface area contributed by atoms with Gasteiger partial charge in [0.25, 0.3) is 0 Å². The molecule has 4 amide bonds. The molecule has 0 aliphatic rings. The lowest BCUT2D eigenvalue weighted by Gasteiger charge is -2.17. The summed E-state index contributed by atoms with van der Waals surface area (Å²) in [6, 6.07) is 4.74. The quantitative estimate of drug-likeness (QED) is 0.0299. The average Bonchev–Trinajstić information content (AvgIpc) is 3.16. The van der Waals surface area contributed by atoms with E-state index in [0.717, 1.165) is 64.5 Å². The number of aromatic hydroxyl groups is 1. The van der Waals surface area contributed by atoms with Gasteiger partial charge < -0.3 is 64.6 Å². The molecule has 1 aromatic rings. The lowest BCUT2D eigenvalue weighted by molar-refractivity contribution is -0.193. The minimum atomic E-state index is -5.08. The molecular weight excluding hydrogens is 893 g/mol. The second-order valence-electron chi connectivity index (χ2n) is 12.9. The molecule has 0 saturated heterocycles. The Balaban J connectivity index is -0.00000144. The normalized spacial score (nSPS) is 11.8. The SMILES string of the molecule is NC(=O)C[C@H](NC(=O)Cc1ccccc1O)C(=O)NCCCCNCCCCCCCCNC(=O)[C@@H](N)CCN=C(N)N.O=C(O)C(F)(F)F.O=C(O)C(F)(F)F.O=C(O)C(F)(F)F. The maximum atomic E-state index is 12.5. The number of alkyl halides is 9. The molecule has 0 saturated carbocycles. The third-order valence-corrected chi connectivity index (χ3v) is 7.36. The lowest BCUT2D eigenvalue weighted by atomic mass is 10.1. The van der Waals surface area contributed by atoms with Crippen LogP contribution in [0.5, 0.6) is 5.75 Å². The number of carbonyl (C=O) groups is 7. The van der Waals surface area contributed by atoms with Gasteiger partial charge in [0.1, 0.15) is 11.8 Å². The van der Waals surface area contributed by atoms with Crippen molar-refractivity contribution in [2.75, 3.05) is 32.7 Å². The molecule has 368 valence electrons. The molecule has 0 aromatic heterocycles. The minimum absolute atomic E-state index is 0.00980. The summed E-state index contributed by atoms with van der Waals surface area (Å²) < 4.78 is 95.2. The number of rotatable bonds is 24. The summed E-state index contributed by atoms with van der Waals surface area (Å²) in [4.78, 5) is 78.7. The van der Waals surface area contributed by atoms with Gasteiger partial charge in [0.2, 0.25) is 23.6 Å². The maximum Gasteiger partial charge on any atom is 0.490 e. The standard InChI is InChI=1S/C29H51N9O5.3C2HF3O2/c30-22(13-18-37-29(32)33)27(42)35-16-8-4-2-1-3-7-14-34-15-9-10-17-36-28(43)23(20-25(31)40)38-26(41)19-21-11-5-6-12-24(21)39;3*3-2(4,5)1(6)7/h5-6,11-12,22-23,34,39H,1-4,7-10,13-20,30H2,(H2,31,40)(H,35,42)(H,36,43)(H,38,41)(H4,32,33,37);3*(H,6,7)/t22-,23-;;;/m0.../s1. The van der Waals surface area contributed by atoms with Crippen LogP contribution in [0, 0.1) is 0 Å². The van der Waals surface area contributed by atoms with Crippen LogP contribution >= 0.6 is 0 Å². The lowest BCUT2D eigenvalue weighted by Crippen LogP contribution is -2.49. The molecule has 20 nitrogen and oxygen atoms in total. The zero-order valence-corrected chi connectivity index (χ0v) is 34.1. The number of phenolic OH excluding ortho intramolecular Hbond substituents is 1. The van der Waals surface area contributed by atoms with E-state index in [1.165, 1.54) is 6.07 Å². The molecule has 0 radical (unpaired) electrons. The molecule has 29 heteroatoms. The van der Waals surface area contributed by atoms with E-state index >= 15 is 0 Å². The van der Waals surface area contributed by atoms with Crippen molar-refractivity contribution < 1.29 is 93.5 Å². The fourth-order valence-electron chi connectivity index (χ4n) is 4.21. The molecule has 0 bridgehead atoms. The van der Waals surface area contributed by atoms with Crippen LogP contribution in [0.2, 0.25) is 0 Å². The number of aliphatic carboxylic acids is 3. The van der Waals surface area contributed by atoms with Crippen LogP contribution in [-0.4, -0.2) is 131 Å². The molecule has 0 aliphatic heterocycles. The second kappa shape index (κ2) is 33.4. The van der Waals surface area contributed by atoms with E-state index in [1.807, 2.05) is 0 Å². The summed E-state index contributed by atoms with van der Waals surface area (Å²) in [5, 5.41) is 42.7. The Morgan fingerprint density at radius 2 is 1.02 bits per heavy atom. The van der Waals surface area contributed by atoms with Gasteiger partial charge in [-0.2, -0.15) is 39.5 Å². The Morgan fingerprint density at radius 1 is 0.625 bits per heavy atom. The topological polar surface area (TPSA) is 365 Å². The van der Waals surface area contributed by atoms with E-state index in [4.69, 9.17) is 52.6 Å². The van der Waals surface area contributed by atoms with Gasteiger partial charge >= 0.3 is 36.4 Å². The Bertz CT molecular complexity index is 1560. The van der Waals surface area contributed by atoms with Gasteiger partial charge in [0.15, 0.2) is 5.96 Å². The number of nitrogens with zero attached hydrogens (tertiary/aromatic N) is 1. The molecule has 0 spiro atoms. The van der Waals surface area contributed by atoms with Crippen LogP contribution in [0.1, 0.15) is 69.8 Å². The summed E-state index contributed by atoms with van der Waals surface area (Å²) in [6.07, 6.45) is -7.28. The zero-order valence-electron chi connectivity index (χ0n) is 34.1. The van der Waals surface area contributed by atoms with Crippen molar-refractivity contribution in [1.29, 1.82) is 0 Å². The molecule has 64 heavy (non-hydrogen) atoms.